The Morgan fingerprint density at radius 2 is 1.54 bits per heavy atom. The van der Waals surface area contributed by atoms with Crippen LogP contribution in [-0.2, 0) is 33.4 Å². The maximum Gasteiger partial charge on any atom is 0.337 e. The summed E-state index contributed by atoms with van der Waals surface area (Å²) in [6.07, 6.45) is 0. The minimum Gasteiger partial charge on any atom is -0.482 e. The standard InChI is InChI=1S/C24H26N2O9/c1-5-32-22(29)19-12(3)25-13(4)20(23(30)33-6-2)21(19)24(31)35-10-16(27)14-7-8-17-15(9-14)26-18(28)11-34-17/h7-9,21,25H,5-6,10-11H2,1-4H3,(H,26,28). The number of Topliss-reactive ketones (excluding diaryl/α,β-unsaturated/α-hetero) is 1. The molecule has 3 rings (SSSR count). The molecular weight excluding hydrogens is 460 g/mol. The van der Waals surface area contributed by atoms with Gasteiger partial charge >= 0.3 is 17.9 Å². The Balaban J connectivity index is 1.84. The fourth-order valence-corrected chi connectivity index (χ4v) is 3.75. The van der Waals surface area contributed by atoms with Gasteiger partial charge in [-0.1, -0.05) is 0 Å². The van der Waals surface area contributed by atoms with Gasteiger partial charge in [0.25, 0.3) is 5.91 Å². The highest BCUT2D eigenvalue weighted by Gasteiger charge is 2.42. The van der Waals surface area contributed by atoms with E-state index in [2.05, 4.69) is 10.6 Å². The normalized spacial score (nSPS) is 15.4. The molecule has 1 aromatic rings. The van der Waals surface area contributed by atoms with Crippen molar-refractivity contribution in [2.45, 2.75) is 27.7 Å². The first-order valence-corrected chi connectivity index (χ1v) is 11.0. The Kier molecular flexibility index (Phi) is 7.90. The summed E-state index contributed by atoms with van der Waals surface area (Å²) in [5, 5.41) is 5.50. The number of fused-ring (bicyclic) bond motifs is 1. The van der Waals surface area contributed by atoms with E-state index < -0.39 is 36.2 Å². The van der Waals surface area contributed by atoms with Crippen LogP contribution in [-0.4, -0.2) is 56.0 Å². The van der Waals surface area contributed by atoms with Crippen LogP contribution in [0.1, 0.15) is 38.1 Å². The maximum absolute atomic E-state index is 13.2. The van der Waals surface area contributed by atoms with Crippen molar-refractivity contribution in [2.24, 2.45) is 5.92 Å². The van der Waals surface area contributed by atoms with E-state index in [1.165, 1.54) is 18.2 Å². The van der Waals surface area contributed by atoms with Crippen LogP contribution in [0.5, 0.6) is 5.75 Å². The van der Waals surface area contributed by atoms with E-state index in [1.54, 1.807) is 27.7 Å². The Morgan fingerprint density at radius 1 is 0.943 bits per heavy atom. The van der Waals surface area contributed by atoms with Crippen LogP contribution in [0.3, 0.4) is 0 Å². The minimum atomic E-state index is -1.45. The van der Waals surface area contributed by atoms with E-state index in [9.17, 15) is 24.0 Å². The van der Waals surface area contributed by atoms with Gasteiger partial charge in [0, 0.05) is 17.0 Å². The van der Waals surface area contributed by atoms with Crippen LogP contribution in [0.2, 0.25) is 0 Å². The zero-order chi connectivity index (χ0) is 25.7. The third-order valence-electron chi connectivity index (χ3n) is 5.27. The molecule has 0 saturated carbocycles. The number of benzene rings is 1. The molecule has 1 amide bonds. The van der Waals surface area contributed by atoms with Crippen molar-refractivity contribution in [1.82, 2.24) is 5.32 Å². The molecule has 35 heavy (non-hydrogen) atoms. The maximum atomic E-state index is 13.2. The highest BCUT2D eigenvalue weighted by molar-refractivity contribution is 6.07. The Labute approximate surface area is 201 Å². The first-order valence-electron chi connectivity index (χ1n) is 11.0. The molecule has 1 aromatic carbocycles. The van der Waals surface area contributed by atoms with Crippen LogP contribution in [0.4, 0.5) is 5.69 Å². The van der Waals surface area contributed by atoms with E-state index >= 15 is 0 Å². The van der Waals surface area contributed by atoms with Crippen LogP contribution in [0.25, 0.3) is 0 Å². The lowest BCUT2D eigenvalue weighted by molar-refractivity contribution is -0.151. The predicted molar refractivity (Wildman–Crippen MR) is 121 cm³/mol. The lowest BCUT2D eigenvalue weighted by Crippen LogP contribution is -2.38. The summed E-state index contributed by atoms with van der Waals surface area (Å²) < 4.78 is 20.7. The number of rotatable bonds is 8. The molecule has 0 spiro atoms. The van der Waals surface area contributed by atoms with Gasteiger partial charge in [0.1, 0.15) is 11.7 Å². The Morgan fingerprint density at radius 3 is 2.11 bits per heavy atom. The smallest absolute Gasteiger partial charge is 0.337 e. The average molecular weight is 486 g/mol. The lowest BCUT2D eigenvalue weighted by atomic mass is 9.85. The number of hydrogen-bond donors (Lipinski definition) is 2. The van der Waals surface area contributed by atoms with Gasteiger partial charge in [0.15, 0.2) is 19.0 Å². The molecule has 0 saturated heterocycles. The summed E-state index contributed by atoms with van der Waals surface area (Å²) in [7, 11) is 0. The molecule has 2 aliphatic heterocycles. The second kappa shape index (κ2) is 10.9. The van der Waals surface area contributed by atoms with Crippen molar-refractivity contribution in [3.8, 4) is 5.75 Å². The summed E-state index contributed by atoms with van der Waals surface area (Å²) in [5.41, 5.74) is 0.907. The quantitative estimate of drug-likeness (QED) is 0.316. The van der Waals surface area contributed by atoms with E-state index in [4.69, 9.17) is 18.9 Å². The number of hydrogen-bond acceptors (Lipinski definition) is 10. The molecule has 0 aliphatic carbocycles. The van der Waals surface area contributed by atoms with E-state index in [0.29, 0.717) is 22.8 Å². The zero-order valence-corrected chi connectivity index (χ0v) is 19.8. The van der Waals surface area contributed by atoms with Gasteiger partial charge < -0.3 is 29.6 Å². The largest absolute Gasteiger partial charge is 0.482 e. The van der Waals surface area contributed by atoms with E-state index in [-0.39, 0.29) is 42.4 Å². The molecule has 2 heterocycles. The van der Waals surface area contributed by atoms with Crippen molar-refractivity contribution in [1.29, 1.82) is 0 Å². The number of dihydropyridines is 1. The first kappa shape index (κ1) is 25.5. The first-order chi connectivity index (χ1) is 16.7. The molecule has 0 unspecified atom stereocenters. The molecule has 11 heteroatoms. The molecule has 0 aromatic heterocycles. The van der Waals surface area contributed by atoms with Gasteiger partial charge in [-0.15, -0.1) is 0 Å². The molecule has 0 fully saturated rings. The van der Waals surface area contributed by atoms with Crippen molar-refractivity contribution < 1.29 is 42.9 Å². The molecule has 0 atom stereocenters. The summed E-state index contributed by atoms with van der Waals surface area (Å²) >= 11 is 0. The van der Waals surface area contributed by atoms with E-state index in [1.807, 2.05) is 0 Å². The van der Waals surface area contributed by atoms with Crippen molar-refractivity contribution in [3.63, 3.8) is 0 Å². The topological polar surface area (TPSA) is 146 Å². The third-order valence-corrected chi connectivity index (χ3v) is 5.27. The lowest BCUT2D eigenvalue weighted by Gasteiger charge is -2.28. The molecule has 2 aliphatic rings. The van der Waals surface area contributed by atoms with Crippen LogP contribution in [0.15, 0.2) is 40.7 Å². The Bertz CT molecular complexity index is 1110. The third kappa shape index (κ3) is 5.51. The SMILES string of the molecule is CCOC(=O)C1=C(C)NC(C)=C(C(=O)OCC)C1C(=O)OCC(=O)c1ccc2c(c1)NC(=O)CO2. The molecule has 0 bridgehead atoms. The summed E-state index contributed by atoms with van der Waals surface area (Å²) in [6.45, 7) is 5.64. The number of allylic oxidation sites excluding steroid dienone is 2. The fourth-order valence-electron chi connectivity index (χ4n) is 3.75. The fraction of sp³-hybridized carbons (Fsp3) is 0.375. The highest BCUT2D eigenvalue weighted by Crippen LogP contribution is 2.33. The number of ether oxygens (including phenoxy) is 4. The number of carbonyl (C=O) groups excluding carboxylic acids is 5. The number of nitrogens with one attached hydrogen (secondary N) is 2. The minimum absolute atomic E-state index is 0.0475. The number of esters is 3. The van der Waals surface area contributed by atoms with Gasteiger partial charge in [-0.25, -0.2) is 9.59 Å². The van der Waals surface area contributed by atoms with Gasteiger partial charge in [-0.3, -0.25) is 14.4 Å². The second-order valence-electron chi connectivity index (χ2n) is 7.65. The average Bonchev–Trinajstić information content (AvgIpc) is 2.81. The number of ketones is 1. The van der Waals surface area contributed by atoms with Crippen molar-refractivity contribution >= 4 is 35.3 Å². The molecular formula is C24H26N2O9. The summed E-state index contributed by atoms with van der Waals surface area (Å²) in [4.78, 5) is 62.7. The van der Waals surface area contributed by atoms with Crippen LogP contribution in [0, 0.1) is 5.92 Å². The predicted octanol–water partition coefficient (Wildman–Crippen LogP) is 1.64. The van der Waals surface area contributed by atoms with Gasteiger partial charge in [0.2, 0.25) is 0 Å². The molecule has 11 nitrogen and oxygen atoms in total. The van der Waals surface area contributed by atoms with Gasteiger partial charge in [-0.05, 0) is 45.9 Å². The van der Waals surface area contributed by atoms with Crippen LogP contribution >= 0.6 is 0 Å². The second-order valence-corrected chi connectivity index (χ2v) is 7.65. The molecule has 2 N–H and O–H groups in total. The van der Waals surface area contributed by atoms with E-state index in [0.717, 1.165) is 0 Å². The summed E-state index contributed by atoms with van der Waals surface area (Å²) in [6, 6.07) is 4.40. The molecule has 186 valence electrons. The monoisotopic (exact) mass is 486 g/mol. The Hall–Kier alpha value is -4.15. The zero-order valence-electron chi connectivity index (χ0n) is 19.8. The molecule has 0 radical (unpaired) electrons. The van der Waals surface area contributed by atoms with Gasteiger partial charge in [0.05, 0.1) is 30.0 Å². The highest BCUT2D eigenvalue weighted by atomic mass is 16.5. The van der Waals surface area contributed by atoms with Gasteiger partial charge in [-0.2, -0.15) is 0 Å². The number of carbonyl (C=O) groups is 5. The summed E-state index contributed by atoms with van der Waals surface area (Å²) in [5.74, 6) is -4.55. The number of anilines is 1. The number of amides is 1. The van der Waals surface area contributed by atoms with Crippen molar-refractivity contribution in [2.75, 3.05) is 31.7 Å². The van der Waals surface area contributed by atoms with Crippen LogP contribution < -0.4 is 15.4 Å². The van der Waals surface area contributed by atoms with Crippen molar-refractivity contribution in [3.05, 3.63) is 46.3 Å².